The first-order valence-electron chi connectivity index (χ1n) is 7.47. The fourth-order valence-corrected chi connectivity index (χ4v) is 2.79. The Kier molecular flexibility index (Phi) is 5.54. The van der Waals surface area contributed by atoms with Gasteiger partial charge in [0.25, 0.3) is 0 Å². The van der Waals surface area contributed by atoms with Gasteiger partial charge in [-0.1, -0.05) is 66.2 Å². The van der Waals surface area contributed by atoms with Gasteiger partial charge in [-0.25, -0.2) is 0 Å². The van der Waals surface area contributed by atoms with Crippen molar-refractivity contribution in [1.29, 1.82) is 0 Å². The molecule has 0 aliphatic carbocycles. The molecule has 2 heteroatoms. The van der Waals surface area contributed by atoms with Crippen LogP contribution in [0.25, 0.3) is 0 Å². The normalized spacial score (nSPS) is 13.2. The monoisotopic (exact) mass is 294 g/mol. The minimum Gasteiger partial charge on any atom is -0.469 e. The summed E-state index contributed by atoms with van der Waals surface area (Å²) in [6, 6.07) is 18.4. The molecule has 0 aliphatic rings. The van der Waals surface area contributed by atoms with E-state index in [1.165, 1.54) is 12.7 Å². The van der Waals surface area contributed by atoms with Crippen molar-refractivity contribution in [3.8, 4) is 0 Å². The van der Waals surface area contributed by atoms with E-state index >= 15 is 0 Å². The summed E-state index contributed by atoms with van der Waals surface area (Å²) in [6.07, 6.45) is 2.37. The van der Waals surface area contributed by atoms with Crippen molar-refractivity contribution < 1.29 is 9.53 Å². The van der Waals surface area contributed by atoms with Gasteiger partial charge in [-0.3, -0.25) is 4.79 Å². The highest BCUT2D eigenvalue weighted by atomic mass is 16.5. The van der Waals surface area contributed by atoms with Crippen molar-refractivity contribution in [1.82, 2.24) is 0 Å². The number of carbonyl (C=O) groups is 1. The van der Waals surface area contributed by atoms with Crippen LogP contribution in [0.3, 0.4) is 0 Å². The lowest BCUT2D eigenvalue weighted by Crippen LogP contribution is -2.24. The van der Waals surface area contributed by atoms with E-state index in [0.29, 0.717) is 6.42 Å². The van der Waals surface area contributed by atoms with Crippen LogP contribution in [-0.4, -0.2) is 13.1 Å². The Balaban J connectivity index is 2.50. The van der Waals surface area contributed by atoms with Crippen LogP contribution in [0.2, 0.25) is 0 Å². The van der Waals surface area contributed by atoms with Crippen molar-refractivity contribution in [3.63, 3.8) is 0 Å². The fourth-order valence-electron chi connectivity index (χ4n) is 2.79. The number of hydrogen-bond donors (Lipinski definition) is 0. The zero-order chi connectivity index (χ0) is 15.9. The Hall–Kier alpha value is -2.35. The van der Waals surface area contributed by atoms with Gasteiger partial charge >= 0.3 is 5.97 Å². The lowest BCUT2D eigenvalue weighted by molar-refractivity contribution is -0.145. The molecule has 0 saturated heterocycles. The lowest BCUT2D eigenvalue weighted by Gasteiger charge is -2.25. The molecule has 0 unspecified atom stereocenters. The van der Waals surface area contributed by atoms with Crippen LogP contribution in [0.4, 0.5) is 0 Å². The van der Waals surface area contributed by atoms with Crippen LogP contribution < -0.4 is 0 Å². The van der Waals surface area contributed by atoms with Gasteiger partial charge in [-0.15, -0.1) is 6.58 Å². The van der Waals surface area contributed by atoms with Crippen LogP contribution in [0.5, 0.6) is 0 Å². The van der Waals surface area contributed by atoms with Gasteiger partial charge in [0.2, 0.25) is 0 Å². The van der Waals surface area contributed by atoms with Crippen molar-refractivity contribution >= 4 is 5.97 Å². The van der Waals surface area contributed by atoms with E-state index in [4.69, 9.17) is 4.74 Å². The quantitative estimate of drug-likeness (QED) is 0.579. The van der Waals surface area contributed by atoms with Crippen molar-refractivity contribution in [2.45, 2.75) is 19.3 Å². The van der Waals surface area contributed by atoms with Crippen LogP contribution in [0, 0.1) is 12.8 Å². The van der Waals surface area contributed by atoms with E-state index in [1.807, 2.05) is 18.2 Å². The molecule has 2 nitrogen and oxygen atoms in total. The Morgan fingerprint density at radius 1 is 1.09 bits per heavy atom. The topological polar surface area (TPSA) is 26.3 Å². The summed E-state index contributed by atoms with van der Waals surface area (Å²) in [5.41, 5.74) is 3.44. The van der Waals surface area contributed by atoms with Crippen molar-refractivity contribution in [3.05, 3.63) is 83.9 Å². The molecule has 0 aliphatic heterocycles. The molecular weight excluding hydrogens is 272 g/mol. The highest BCUT2D eigenvalue weighted by molar-refractivity contribution is 5.74. The zero-order valence-electron chi connectivity index (χ0n) is 13.2. The lowest BCUT2D eigenvalue weighted by atomic mass is 9.79. The van der Waals surface area contributed by atoms with E-state index < -0.39 is 0 Å². The molecule has 0 radical (unpaired) electrons. The van der Waals surface area contributed by atoms with Gasteiger partial charge < -0.3 is 4.74 Å². The third-order valence-electron chi connectivity index (χ3n) is 3.92. The first-order valence-corrected chi connectivity index (χ1v) is 7.47. The molecule has 2 rings (SSSR count). The smallest absolute Gasteiger partial charge is 0.309 e. The predicted molar refractivity (Wildman–Crippen MR) is 89.8 cm³/mol. The third-order valence-corrected chi connectivity index (χ3v) is 3.92. The van der Waals surface area contributed by atoms with E-state index in [9.17, 15) is 4.79 Å². The summed E-state index contributed by atoms with van der Waals surface area (Å²) in [7, 11) is 1.44. The minimum absolute atomic E-state index is 0.0350. The summed E-state index contributed by atoms with van der Waals surface area (Å²) in [6.45, 7) is 5.85. The van der Waals surface area contributed by atoms with Gasteiger partial charge in [0, 0.05) is 5.92 Å². The van der Waals surface area contributed by atoms with Gasteiger partial charge in [-0.2, -0.15) is 0 Å². The number of carbonyl (C=O) groups excluding carboxylic acids is 1. The molecule has 22 heavy (non-hydrogen) atoms. The summed E-state index contributed by atoms with van der Waals surface area (Å²) in [5, 5.41) is 0. The number of rotatable bonds is 6. The maximum absolute atomic E-state index is 12.3. The highest BCUT2D eigenvalue weighted by Crippen LogP contribution is 2.35. The molecule has 0 heterocycles. The summed E-state index contributed by atoms with van der Waals surface area (Å²) >= 11 is 0. The molecule has 2 aromatic carbocycles. The summed E-state index contributed by atoms with van der Waals surface area (Å²) < 4.78 is 5.03. The maximum atomic E-state index is 12.3. The number of esters is 1. The van der Waals surface area contributed by atoms with E-state index in [1.54, 1.807) is 6.08 Å². The highest BCUT2D eigenvalue weighted by Gasteiger charge is 2.30. The third kappa shape index (κ3) is 3.64. The maximum Gasteiger partial charge on any atom is 0.309 e. The van der Waals surface area contributed by atoms with Gasteiger partial charge in [0.1, 0.15) is 0 Å². The molecule has 0 N–H and O–H groups in total. The molecule has 0 saturated carbocycles. The molecule has 0 amide bonds. The molecule has 0 fully saturated rings. The van der Waals surface area contributed by atoms with Gasteiger partial charge in [-0.05, 0) is 24.5 Å². The average Bonchev–Trinajstić information content (AvgIpc) is 2.56. The van der Waals surface area contributed by atoms with Crippen LogP contribution in [-0.2, 0) is 9.53 Å². The summed E-state index contributed by atoms with van der Waals surface area (Å²) in [5.74, 6) is -0.505. The Morgan fingerprint density at radius 3 is 2.23 bits per heavy atom. The minimum atomic E-state index is -0.271. The number of ether oxygens (including phenoxy) is 1. The number of aryl methyl sites for hydroxylation is 1. The van der Waals surface area contributed by atoms with Crippen LogP contribution in [0.1, 0.15) is 29.0 Å². The van der Waals surface area contributed by atoms with Crippen LogP contribution in [0.15, 0.2) is 67.3 Å². The Morgan fingerprint density at radius 2 is 1.68 bits per heavy atom. The molecular formula is C20H22O2. The number of benzene rings is 2. The second kappa shape index (κ2) is 7.60. The number of hydrogen-bond acceptors (Lipinski definition) is 2. The van der Waals surface area contributed by atoms with E-state index in [2.05, 4.69) is 49.9 Å². The van der Waals surface area contributed by atoms with Gasteiger partial charge in [0.05, 0.1) is 13.0 Å². The molecule has 0 bridgehead atoms. The Labute approximate surface area is 132 Å². The average molecular weight is 294 g/mol. The molecule has 0 aromatic heterocycles. The van der Waals surface area contributed by atoms with E-state index in [-0.39, 0.29) is 17.8 Å². The van der Waals surface area contributed by atoms with E-state index in [0.717, 1.165) is 11.1 Å². The first kappa shape index (κ1) is 16.0. The van der Waals surface area contributed by atoms with Crippen LogP contribution >= 0.6 is 0 Å². The SMILES string of the molecule is C=CC[C@@H](C(=O)OC)[C@H](c1ccccc1)c1ccc(C)cc1. The fraction of sp³-hybridized carbons (Fsp3) is 0.250. The van der Waals surface area contributed by atoms with Crippen molar-refractivity contribution in [2.75, 3.05) is 7.11 Å². The molecule has 2 atom stereocenters. The summed E-state index contributed by atoms with van der Waals surface area (Å²) in [4.78, 5) is 12.3. The first-order chi connectivity index (χ1) is 10.7. The van der Waals surface area contributed by atoms with Crippen molar-refractivity contribution in [2.24, 2.45) is 5.92 Å². The molecule has 0 spiro atoms. The zero-order valence-corrected chi connectivity index (χ0v) is 13.2. The second-order valence-electron chi connectivity index (χ2n) is 5.45. The predicted octanol–water partition coefficient (Wildman–Crippen LogP) is 4.49. The van der Waals surface area contributed by atoms with Gasteiger partial charge in [0.15, 0.2) is 0 Å². The number of allylic oxidation sites excluding steroid dienone is 1. The Bertz CT molecular complexity index is 614. The molecule has 2 aromatic rings. The molecule has 114 valence electrons. The largest absolute Gasteiger partial charge is 0.469 e. The number of methoxy groups -OCH3 is 1. The second-order valence-corrected chi connectivity index (χ2v) is 5.45. The standard InChI is InChI=1S/C20H22O2/c1-4-8-18(20(21)22-3)19(16-9-6-5-7-10-16)17-13-11-15(2)12-14-17/h4-7,9-14,18-19H,1,8H2,2-3H3/t18-,19-/m1/s1.